The van der Waals surface area contributed by atoms with E-state index in [-0.39, 0.29) is 36.1 Å². The molecule has 2 fully saturated rings. The molecule has 2 aliphatic rings. The molecule has 1 N–H and O–H groups in total. The van der Waals surface area contributed by atoms with E-state index in [2.05, 4.69) is 19.2 Å². The van der Waals surface area contributed by atoms with Gasteiger partial charge in [-0.25, -0.2) is 0 Å². The monoisotopic (exact) mass is 328 g/mol. The molecule has 1 atom stereocenters. The van der Waals surface area contributed by atoms with Gasteiger partial charge in [-0.3, -0.25) is 19.7 Å². The molecule has 1 saturated heterocycles. The highest BCUT2D eigenvalue weighted by Gasteiger charge is 2.32. The summed E-state index contributed by atoms with van der Waals surface area (Å²) in [6.45, 7) is 4.11. The normalized spacial score (nSPS) is 20.9. The van der Waals surface area contributed by atoms with E-state index < -0.39 is 0 Å². The zero-order valence-electron chi connectivity index (χ0n) is 14.2. The summed E-state index contributed by atoms with van der Waals surface area (Å²) in [5.41, 5.74) is 1.66. The molecular weight excluding hydrogens is 304 g/mol. The summed E-state index contributed by atoms with van der Waals surface area (Å²) in [6, 6.07) is 8.01. The number of hydrogen-bond donors (Lipinski definition) is 1. The lowest BCUT2D eigenvalue weighted by atomic mass is 9.90. The summed E-state index contributed by atoms with van der Waals surface area (Å²) in [7, 11) is 0. The average Bonchev–Trinajstić information content (AvgIpc) is 2.80. The fourth-order valence-electron chi connectivity index (χ4n) is 3.48. The Balaban J connectivity index is 1.68. The Labute approximate surface area is 142 Å². The Morgan fingerprint density at radius 2 is 1.88 bits per heavy atom. The first-order chi connectivity index (χ1) is 11.5. The molecule has 0 aromatic heterocycles. The van der Waals surface area contributed by atoms with Gasteiger partial charge in [0.15, 0.2) is 0 Å². The molecule has 1 heterocycles. The molecule has 1 aromatic carbocycles. The number of nitrogens with zero attached hydrogens (tertiary/aromatic N) is 1. The van der Waals surface area contributed by atoms with Crippen molar-refractivity contribution in [1.82, 2.24) is 10.2 Å². The zero-order valence-corrected chi connectivity index (χ0v) is 14.2. The average molecular weight is 328 g/mol. The number of rotatable bonds is 5. The number of benzene rings is 1. The number of carbonyl (C=O) groups is 3. The molecule has 3 amide bonds. The van der Waals surface area contributed by atoms with Crippen LogP contribution in [0.3, 0.4) is 0 Å². The Bertz CT molecular complexity index is 647. The van der Waals surface area contributed by atoms with Gasteiger partial charge < -0.3 is 4.90 Å². The standard InChI is InChI=1S/C19H24N2O3/c1-12(2)21(16-4-3-5-16)19(24)14-8-6-13(7-9-14)10-15-11-17(22)20-18(15)23/h6-9,12,15-16H,3-5,10-11H2,1-2H3,(H,20,22,23). The van der Waals surface area contributed by atoms with Crippen LogP contribution in [0.15, 0.2) is 24.3 Å². The fraction of sp³-hybridized carbons (Fsp3) is 0.526. The first kappa shape index (κ1) is 16.7. The number of amides is 3. The van der Waals surface area contributed by atoms with Crippen molar-refractivity contribution in [2.45, 2.75) is 58.0 Å². The SMILES string of the molecule is CC(C)N(C(=O)c1ccc(CC2CC(=O)NC2=O)cc1)C1CCC1. The van der Waals surface area contributed by atoms with Crippen LogP contribution in [-0.4, -0.2) is 34.7 Å². The third kappa shape index (κ3) is 3.35. The largest absolute Gasteiger partial charge is 0.333 e. The Morgan fingerprint density at radius 3 is 2.33 bits per heavy atom. The molecule has 0 bridgehead atoms. The van der Waals surface area contributed by atoms with E-state index in [1.54, 1.807) is 0 Å². The number of imide groups is 1. The highest BCUT2D eigenvalue weighted by Crippen LogP contribution is 2.28. The van der Waals surface area contributed by atoms with E-state index in [1.807, 2.05) is 29.2 Å². The van der Waals surface area contributed by atoms with Gasteiger partial charge in [0, 0.05) is 24.1 Å². The van der Waals surface area contributed by atoms with Crippen LogP contribution in [0, 0.1) is 5.92 Å². The lowest BCUT2D eigenvalue weighted by Crippen LogP contribution is -2.48. The molecule has 1 aromatic rings. The molecule has 0 spiro atoms. The molecule has 5 nitrogen and oxygen atoms in total. The highest BCUT2D eigenvalue weighted by atomic mass is 16.2. The molecule has 1 unspecified atom stereocenters. The van der Waals surface area contributed by atoms with Gasteiger partial charge in [-0.05, 0) is 57.2 Å². The second kappa shape index (κ2) is 6.75. The first-order valence-corrected chi connectivity index (χ1v) is 8.71. The number of nitrogens with one attached hydrogen (secondary N) is 1. The molecule has 1 saturated carbocycles. The van der Waals surface area contributed by atoms with E-state index in [1.165, 1.54) is 6.42 Å². The van der Waals surface area contributed by atoms with Crippen molar-refractivity contribution in [2.75, 3.05) is 0 Å². The van der Waals surface area contributed by atoms with Crippen molar-refractivity contribution in [3.8, 4) is 0 Å². The van der Waals surface area contributed by atoms with Gasteiger partial charge in [0.1, 0.15) is 0 Å². The van der Waals surface area contributed by atoms with Crippen LogP contribution in [0.5, 0.6) is 0 Å². The van der Waals surface area contributed by atoms with Crippen LogP contribution in [0.1, 0.15) is 55.5 Å². The van der Waals surface area contributed by atoms with E-state index in [0.29, 0.717) is 18.0 Å². The zero-order chi connectivity index (χ0) is 17.3. The maximum atomic E-state index is 12.8. The van der Waals surface area contributed by atoms with E-state index in [0.717, 1.165) is 18.4 Å². The lowest BCUT2D eigenvalue weighted by molar-refractivity contribution is -0.125. The minimum atomic E-state index is -0.291. The molecule has 5 heteroatoms. The van der Waals surface area contributed by atoms with Crippen molar-refractivity contribution in [3.05, 3.63) is 35.4 Å². The second-order valence-electron chi connectivity index (χ2n) is 7.11. The Morgan fingerprint density at radius 1 is 1.21 bits per heavy atom. The molecule has 1 aliphatic heterocycles. The van der Waals surface area contributed by atoms with Crippen molar-refractivity contribution >= 4 is 17.7 Å². The van der Waals surface area contributed by atoms with Crippen molar-refractivity contribution < 1.29 is 14.4 Å². The van der Waals surface area contributed by atoms with E-state index in [4.69, 9.17) is 0 Å². The minimum Gasteiger partial charge on any atom is -0.333 e. The quantitative estimate of drug-likeness (QED) is 0.843. The summed E-state index contributed by atoms with van der Waals surface area (Å²) >= 11 is 0. The third-order valence-electron chi connectivity index (χ3n) is 5.01. The Hall–Kier alpha value is -2.17. The molecular formula is C19H24N2O3. The molecule has 3 rings (SSSR count). The van der Waals surface area contributed by atoms with Crippen molar-refractivity contribution in [3.63, 3.8) is 0 Å². The highest BCUT2D eigenvalue weighted by molar-refractivity contribution is 6.03. The number of hydrogen-bond acceptors (Lipinski definition) is 3. The molecule has 24 heavy (non-hydrogen) atoms. The predicted octanol–water partition coefficient (Wildman–Crippen LogP) is 2.29. The van der Waals surface area contributed by atoms with E-state index in [9.17, 15) is 14.4 Å². The van der Waals surface area contributed by atoms with Crippen LogP contribution in [0.4, 0.5) is 0 Å². The van der Waals surface area contributed by atoms with Gasteiger partial charge in [-0.1, -0.05) is 12.1 Å². The Kier molecular flexibility index (Phi) is 4.69. The minimum absolute atomic E-state index is 0.0787. The van der Waals surface area contributed by atoms with Crippen molar-refractivity contribution in [1.29, 1.82) is 0 Å². The van der Waals surface area contributed by atoms with Crippen molar-refractivity contribution in [2.24, 2.45) is 5.92 Å². The summed E-state index contributed by atoms with van der Waals surface area (Å²) in [6.07, 6.45) is 4.16. The van der Waals surface area contributed by atoms with Gasteiger partial charge in [0.2, 0.25) is 11.8 Å². The van der Waals surface area contributed by atoms with Crippen LogP contribution < -0.4 is 5.32 Å². The van der Waals surface area contributed by atoms with Crippen LogP contribution in [0.25, 0.3) is 0 Å². The fourth-order valence-corrected chi connectivity index (χ4v) is 3.48. The summed E-state index contributed by atoms with van der Waals surface area (Å²) in [4.78, 5) is 37.7. The van der Waals surface area contributed by atoms with Crippen LogP contribution >= 0.6 is 0 Å². The molecule has 1 aliphatic carbocycles. The second-order valence-corrected chi connectivity index (χ2v) is 7.11. The topological polar surface area (TPSA) is 66.5 Å². The van der Waals surface area contributed by atoms with Gasteiger partial charge in [0.25, 0.3) is 5.91 Å². The maximum absolute atomic E-state index is 12.8. The van der Waals surface area contributed by atoms with Crippen LogP contribution in [-0.2, 0) is 16.0 Å². The number of carbonyl (C=O) groups excluding carboxylic acids is 3. The van der Waals surface area contributed by atoms with Gasteiger partial charge >= 0.3 is 0 Å². The third-order valence-corrected chi connectivity index (χ3v) is 5.01. The molecule has 128 valence electrons. The smallest absolute Gasteiger partial charge is 0.254 e. The van der Waals surface area contributed by atoms with Gasteiger partial charge in [-0.2, -0.15) is 0 Å². The van der Waals surface area contributed by atoms with Gasteiger partial charge in [-0.15, -0.1) is 0 Å². The summed E-state index contributed by atoms with van der Waals surface area (Å²) in [5, 5.41) is 2.33. The first-order valence-electron chi connectivity index (χ1n) is 8.71. The van der Waals surface area contributed by atoms with E-state index >= 15 is 0 Å². The maximum Gasteiger partial charge on any atom is 0.254 e. The summed E-state index contributed by atoms with van der Waals surface area (Å²) in [5.74, 6) is -0.614. The molecule has 0 radical (unpaired) electrons. The van der Waals surface area contributed by atoms with Gasteiger partial charge in [0.05, 0.1) is 5.92 Å². The lowest BCUT2D eigenvalue weighted by Gasteiger charge is -2.40. The van der Waals surface area contributed by atoms with Crippen LogP contribution in [0.2, 0.25) is 0 Å². The predicted molar refractivity (Wildman–Crippen MR) is 90.3 cm³/mol. The summed E-state index contributed by atoms with van der Waals surface area (Å²) < 4.78 is 0.